The smallest absolute Gasteiger partial charge is 0.253 e. The van der Waals surface area contributed by atoms with Crippen LogP contribution in [0.1, 0.15) is 21.5 Å². The van der Waals surface area contributed by atoms with Gasteiger partial charge in [0.25, 0.3) is 5.91 Å². The van der Waals surface area contributed by atoms with Crippen LogP contribution in [0.5, 0.6) is 0 Å². The van der Waals surface area contributed by atoms with Crippen molar-refractivity contribution in [2.24, 2.45) is 0 Å². The maximum Gasteiger partial charge on any atom is 0.253 e. The van der Waals surface area contributed by atoms with E-state index < -0.39 is 0 Å². The fourth-order valence-corrected chi connectivity index (χ4v) is 2.35. The molecule has 0 atom stereocenters. The average molecular weight is 331 g/mol. The van der Waals surface area contributed by atoms with Crippen molar-refractivity contribution in [2.45, 2.75) is 13.3 Å². The molecule has 0 radical (unpaired) electrons. The number of aryl methyl sites for hydroxylation is 1. The first-order valence-corrected chi connectivity index (χ1v) is 7.62. The molecule has 2 aromatic rings. The number of halogens is 1. The summed E-state index contributed by atoms with van der Waals surface area (Å²) in [7, 11) is 3.35. The van der Waals surface area contributed by atoms with Crippen molar-refractivity contribution >= 4 is 29.1 Å². The molecule has 0 unspecified atom stereocenters. The quantitative estimate of drug-likeness (QED) is 0.932. The molecule has 0 fully saturated rings. The number of rotatable bonds is 4. The summed E-state index contributed by atoms with van der Waals surface area (Å²) in [4.78, 5) is 25.7. The molecule has 4 nitrogen and oxygen atoms in total. The Balaban J connectivity index is 2.16. The molecule has 5 heteroatoms. The Hall–Kier alpha value is -2.33. The summed E-state index contributed by atoms with van der Waals surface area (Å²) >= 11 is 6.12. The summed E-state index contributed by atoms with van der Waals surface area (Å²) in [6.45, 7) is 1.96. The van der Waals surface area contributed by atoms with Crippen LogP contribution in [0.4, 0.5) is 5.69 Å². The molecule has 23 heavy (non-hydrogen) atoms. The minimum absolute atomic E-state index is 0.143. The van der Waals surface area contributed by atoms with Gasteiger partial charge in [0.05, 0.1) is 17.1 Å². The minimum atomic E-state index is -0.171. The Labute approximate surface area is 141 Å². The number of anilines is 1. The molecule has 1 N–H and O–H groups in total. The second kappa shape index (κ2) is 7.29. The van der Waals surface area contributed by atoms with Gasteiger partial charge in [-0.15, -0.1) is 0 Å². The fraction of sp³-hybridized carbons (Fsp3) is 0.222. The molecule has 0 aromatic heterocycles. The molecule has 0 aliphatic heterocycles. The Bertz CT molecular complexity index is 742. The zero-order valence-electron chi connectivity index (χ0n) is 13.4. The number of nitrogens with one attached hydrogen (secondary N) is 1. The molecule has 0 saturated carbocycles. The van der Waals surface area contributed by atoms with E-state index in [-0.39, 0.29) is 18.2 Å². The fourth-order valence-electron chi connectivity index (χ4n) is 2.19. The Morgan fingerprint density at radius 3 is 2.48 bits per heavy atom. The first-order valence-electron chi connectivity index (χ1n) is 7.24. The highest BCUT2D eigenvalue weighted by molar-refractivity contribution is 6.33. The minimum Gasteiger partial charge on any atom is -0.345 e. The van der Waals surface area contributed by atoms with E-state index in [2.05, 4.69) is 5.32 Å². The lowest BCUT2D eigenvalue weighted by Gasteiger charge is -2.13. The molecule has 120 valence electrons. The van der Waals surface area contributed by atoms with Crippen LogP contribution in [0.3, 0.4) is 0 Å². The summed E-state index contributed by atoms with van der Waals surface area (Å²) in [5.74, 6) is -0.313. The van der Waals surface area contributed by atoms with Gasteiger partial charge < -0.3 is 10.2 Å². The number of hydrogen-bond donors (Lipinski definition) is 1. The molecule has 2 amide bonds. The largest absolute Gasteiger partial charge is 0.345 e. The summed E-state index contributed by atoms with van der Waals surface area (Å²) in [6.07, 6.45) is 0.259. The zero-order valence-corrected chi connectivity index (χ0v) is 14.1. The predicted molar refractivity (Wildman–Crippen MR) is 93.0 cm³/mol. The maximum absolute atomic E-state index is 12.2. The zero-order chi connectivity index (χ0) is 17.0. The van der Waals surface area contributed by atoms with E-state index >= 15 is 0 Å². The Morgan fingerprint density at radius 2 is 1.83 bits per heavy atom. The van der Waals surface area contributed by atoms with Crippen LogP contribution in [0.25, 0.3) is 0 Å². The maximum atomic E-state index is 12.2. The van der Waals surface area contributed by atoms with Gasteiger partial charge in [0, 0.05) is 19.7 Å². The van der Waals surface area contributed by atoms with Crippen molar-refractivity contribution in [3.8, 4) is 0 Å². The van der Waals surface area contributed by atoms with Crippen molar-refractivity contribution in [2.75, 3.05) is 19.4 Å². The van der Waals surface area contributed by atoms with Crippen LogP contribution in [0.2, 0.25) is 5.02 Å². The topological polar surface area (TPSA) is 49.4 Å². The van der Waals surface area contributed by atoms with Crippen LogP contribution >= 0.6 is 11.6 Å². The van der Waals surface area contributed by atoms with Crippen molar-refractivity contribution in [1.82, 2.24) is 4.90 Å². The molecule has 0 aliphatic carbocycles. The predicted octanol–water partition coefficient (Wildman–Crippen LogP) is 3.53. The standard InChI is InChI=1S/C18H19ClN2O2/c1-12-6-4-5-7-13(12)11-17(22)20-16-10-14(8-9-15(16)19)18(23)21(2)3/h4-10H,11H2,1-3H3,(H,20,22). The highest BCUT2D eigenvalue weighted by Gasteiger charge is 2.13. The lowest BCUT2D eigenvalue weighted by molar-refractivity contribution is -0.115. The highest BCUT2D eigenvalue weighted by Crippen LogP contribution is 2.24. The lowest BCUT2D eigenvalue weighted by atomic mass is 10.1. The molecular weight excluding hydrogens is 312 g/mol. The molecule has 0 spiro atoms. The van der Waals surface area contributed by atoms with E-state index in [1.165, 1.54) is 4.90 Å². The van der Waals surface area contributed by atoms with E-state index in [0.717, 1.165) is 11.1 Å². The number of hydrogen-bond acceptors (Lipinski definition) is 2. The molecule has 2 aromatic carbocycles. The summed E-state index contributed by atoms with van der Waals surface area (Å²) < 4.78 is 0. The number of carbonyl (C=O) groups is 2. The number of amides is 2. The van der Waals surface area contributed by atoms with Gasteiger partial charge in [-0.25, -0.2) is 0 Å². The second-order valence-electron chi connectivity index (χ2n) is 5.55. The van der Waals surface area contributed by atoms with Crippen LogP contribution in [0, 0.1) is 6.92 Å². The van der Waals surface area contributed by atoms with Crippen LogP contribution in [-0.2, 0) is 11.2 Å². The van der Waals surface area contributed by atoms with Gasteiger partial charge in [0.15, 0.2) is 0 Å². The van der Waals surface area contributed by atoms with Crippen LogP contribution in [-0.4, -0.2) is 30.8 Å². The van der Waals surface area contributed by atoms with Crippen LogP contribution < -0.4 is 5.32 Å². The normalized spacial score (nSPS) is 10.3. The molecule has 0 heterocycles. The van der Waals surface area contributed by atoms with Gasteiger partial charge in [-0.3, -0.25) is 9.59 Å². The van der Waals surface area contributed by atoms with Gasteiger partial charge in [0.1, 0.15) is 0 Å². The summed E-state index contributed by atoms with van der Waals surface area (Å²) in [6, 6.07) is 12.6. The van der Waals surface area contributed by atoms with Crippen molar-refractivity contribution in [3.63, 3.8) is 0 Å². The van der Waals surface area contributed by atoms with Gasteiger partial charge in [0.2, 0.25) is 5.91 Å². The summed E-state index contributed by atoms with van der Waals surface area (Å²) in [5.41, 5.74) is 2.94. The van der Waals surface area contributed by atoms with Crippen molar-refractivity contribution in [1.29, 1.82) is 0 Å². The van der Waals surface area contributed by atoms with Crippen molar-refractivity contribution in [3.05, 3.63) is 64.2 Å². The van der Waals surface area contributed by atoms with Crippen molar-refractivity contribution < 1.29 is 9.59 Å². The van der Waals surface area contributed by atoms with E-state index in [1.54, 1.807) is 32.3 Å². The van der Waals surface area contributed by atoms with E-state index in [0.29, 0.717) is 16.3 Å². The third-order valence-electron chi connectivity index (χ3n) is 3.51. The average Bonchev–Trinajstić information content (AvgIpc) is 2.51. The Morgan fingerprint density at radius 1 is 1.13 bits per heavy atom. The monoisotopic (exact) mass is 330 g/mol. The third-order valence-corrected chi connectivity index (χ3v) is 3.84. The van der Waals surface area contributed by atoms with E-state index in [4.69, 9.17) is 11.6 Å². The lowest BCUT2D eigenvalue weighted by Crippen LogP contribution is -2.22. The molecular formula is C18H19ClN2O2. The first kappa shape index (κ1) is 17.0. The first-order chi connectivity index (χ1) is 10.9. The third kappa shape index (κ3) is 4.33. The molecule has 2 rings (SSSR count). The molecule has 0 aliphatic rings. The SMILES string of the molecule is Cc1ccccc1CC(=O)Nc1cc(C(=O)N(C)C)ccc1Cl. The summed E-state index contributed by atoms with van der Waals surface area (Å²) in [5, 5.41) is 3.18. The van der Waals surface area contributed by atoms with Gasteiger partial charge in [-0.1, -0.05) is 35.9 Å². The van der Waals surface area contributed by atoms with E-state index in [1.807, 2.05) is 31.2 Å². The highest BCUT2D eigenvalue weighted by atomic mass is 35.5. The van der Waals surface area contributed by atoms with Gasteiger partial charge in [-0.05, 0) is 36.2 Å². The number of carbonyl (C=O) groups excluding carboxylic acids is 2. The molecule has 0 bridgehead atoms. The number of nitrogens with zero attached hydrogens (tertiary/aromatic N) is 1. The van der Waals surface area contributed by atoms with Gasteiger partial charge in [-0.2, -0.15) is 0 Å². The number of benzene rings is 2. The van der Waals surface area contributed by atoms with Crippen LogP contribution in [0.15, 0.2) is 42.5 Å². The Kier molecular flexibility index (Phi) is 5.40. The molecule has 0 saturated heterocycles. The second-order valence-corrected chi connectivity index (χ2v) is 5.95. The van der Waals surface area contributed by atoms with E-state index in [9.17, 15) is 9.59 Å². The van der Waals surface area contributed by atoms with Gasteiger partial charge >= 0.3 is 0 Å².